The Balaban J connectivity index is 3.19. The van der Waals surface area contributed by atoms with Crippen molar-refractivity contribution in [1.29, 1.82) is 0 Å². The minimum atomic E-state index is 0.176. The fraction of sp³-hybridized carbons (Fsp3) is 0.667. The average Bonchev–Trinajstić information content (AvgIpc) is 2.27. The SMILES string of the molecule is CC(C)(C)c1cocc1C(C)(C)C. The van der Waals surface area contributed by atoms with Gasteiger partial charge in [-0.2, -0.15) is 0 Å². The first-order valence-electron chi connectivity index (χ1n) is 4.80. The van der Waals surface area contributed by atoms with Crippen LogP contribution < -0.4 is 0 Å². The lowest BCUT2D eigenvalue weighted by Crippen LogP contribution is -2.19. The zero-order valence-corrected chi connectivity index (χ0v) is 9.56. The smallest absolute Gasteiger partial charge is 0.0942 e. The van der Waals surface area contributed by atoms with Gasteiger partial charge < -0.3 is 4.42 Å². The molecule has 0 bridgehead atoms. The molecule has 1 nitrogen and oxygen atoms in total. The van der Waals surface area contributed by atoms with Crippen LogP contribution in [0.2, 0.25) is 0 Å². The third-order valence-electron chi connectivity index (χ3n) is 2.28. The Morgan fingerprint density at radius 2 is 1.08 bits per heavy atom. The third kappa shape index (κ3) is 2.15. The van der Waals surface area contributed by atoms with Crippen LogP contribution in [0.3, 0.4) is 0 Å². The Morgan fingerprint density at radius 3 is 1.31 bits per heavy atom. The maximum atomic E-state index is 5.30. The summed E-state index contributed by atoms with van der Waals surface area (Å²) < 4.78 is 5.30. The highest BCUT2D eigenvalue weighted by Gasteiger charge is 2.26. The summed E-state index contributed by atoms with van der Waals surface area (Å²) in [5.41, 5.74) is 2.99. The summed E-state index contributed by atoms with van der Waals surface area (Å²) in [4.78, 5) is 0. The second-order valence-corrected chi connectivity index (χ2v) is 5.70. The molecule has 13 heavy (non-hydrogen) atoms. The Bertz CT molecular complexity index is 252. The van der Waals surface area contributed by atoms with Gasteiger partial charge in [-0.3, -0.25) is 0 Å². The number of furan rings is 1. The van der Waals surface area contributed by atoms with Gasteiger partial charge in [0.15, 0.2) is 0 Å². The lowest BCUT2D eigenvalue weighted by molar-refractivity contribution is 0.534. The van der Waals surface area contributed by atoms with Crippen molar-refractivity contribution < 1.29 is 4.42 Å². The van der Waals surface area contributed by atoms with Gasteiger partial charge in [0.05, 0.1) is 12.5 Å². The Hall–Kier alpha value is -0.720. The normalized spacial score (nSPS) is 13.4. The van der Waals surface area contributed by atoms with Crippen LogP contribution in [-0.4, -0.2) is 0 Å². The van der Waals surface area contributed by atoms with Gasteiger partial charge in [0.1, 0.15) is 0 Å². The van der Waals surface area contributed by atoms with Crippen LogP contribution in [0.4, 0.5) is 0 Å². The molecular formula is C12H20O. The standard InChI is InChI=1S/C12H20O/c1-11(2,3)9-7-13-8-10(9)12(4,5)6/h7-8H,1-6H3. The molecule has 1 heteroatoms. The molecule has 1 aromatic rings. The van der Waals surface area contributed by atoms with Gasteiger partial charge in [0.2, 0.25) is 0 Å². The van der Waals surface area contributed by atoms with Crippen LogP contribution in [0.1, 0.15) is 52.7 Å². The summed E-state index contributed by atoms with van der Waals surface area (Å²) in [5.74, 6) is 0. The molecule has 0 unspecified atom stereocenters. The van der Waals surface area contributed by atoms with E-state index >= 15 is 0 Å². The van der Waals surface area contributed by atoms with E-state index in [4.69, 9.17) is 4.42 Å². The molecule has 74 valence electrons. The summed E-state index contributed by atoms with van der Waals surface area (Å²) >= 11 is 0. The Morgan fingerprint density at radius 1 is 0.769 bits per heavy atom. The molecule has 0 saturated carbocycles. The number of hydrogen-bond donors (Lipinski definition) is 0. The van der Waals surface area contributed by atoms with Crippen molar-refractivity contribution in [3.8, 4) is 0 Å². The van der Waals surface area contributed by atoms with E-state index in [0.717, 1.165) is 0 Å². The van der Waals surface area contributed by atoms with Crippen LogP contribution in [0.15, 0.2) is 16.9 Å². The van der Waals surface area contributed by atoms with Gasteiger partial charge in [0.25, 0.3) is 0 Å². The maximum Gasteiger partial charge on any atom is 0.0942 e. The molecule has 0 aliphatic rings. The van der Waals surface area contributed by atoms with Crippen LogP contribution >= 0.6 is 0 Å². The summed E-state index contributed by atoms with van der Waals surface area (Å²) in [7, 11) is 0. The minimum absolute atomic E-state index is 0.176. The third-order valence-corrected chi connectivity index (χ3v) is 2.28. The Labute approximate surface area is 81.1 Å². The number of hydrogen-bond acceptors (Lipinski definition) is 1. The summed E-state index contributed by atoms with van der Waals surface area (Å²) in [5, 5.41) is 0. The first-order chi connectivity index (χ1) is 5.73. The predicted molar refractivity (Wildman–Crippen MR) is 56.1 cm³/mol. The molecule has 0 aromatic carbocycles. The lowest BCUT2D eigenvalue weighted by Gasteiger charge is -2.25. The van der Waals surface area contributed by atoms with Crippen molar-refractivity contribution in [3.05, 3.63) is 23.7 Å². The summed E-state index contributed by atoms with van der Waals surface area (Å²) in [6.07, 6.45) is 3.75. The molecule has 0 fully saturated rings. The minimum Gasteiger partial charge on any atom is -0.472 e. The highest BCUT2D eigenvalue weighted by atomic mass is 16.3. The fourth-order valence-electron chi connectivity index (χ4n) is 1.46. The molecule has 0 N–H and O–H groups in total. The van der Waals surface area contributed by atoms with E-state index in [2.05, 4.69) is 41.5 Å². The quantitative estimate of drug-likeness (QED) is 0.590. The van der Waals surface area contributed by atoms with E-state index in [0.29, 0.717) is 0 Å². The molecule has 0 aliphatic heterocycles. The zero-order valence-electron chi connectivity index (χ0n) is 9.56. The highest BCUT2D eigenvalue weighted by Crippen LogP contribution is 2.34. The van der Waals surface area contributed by atoms with E-state index in [1.165, 1.54) is 11.1 Å². The zero-order chi connectivity index (χ0) is 10.3. The molecule has 0 spiro atoms. The topological polar surface area (TPSA) is 13.1 Å². The van der Waals surface area contributed by atoms with E-state index in [1.54, 1.807) is 0 Å². The molecule has 1 aromatic heterocycles. The van der Waals surface area contributed by atoms with Crippen LogP contribution in [0.25, 0.3) is 0 Å². The van der Waals surface area contributed by atoms with Gasteiger partial charge in [-0.15, -0.1) is 0 Å². The fourth-order valence-corrected chi connectivity index (χ4v) is 1.46. The van der Waals surface area contributed by atoms with Gasteiger partial charge in [0, 0.05) is 0 Å². The summed E-state index contributed by atoms with van der Waals surface area (Å²) in [6, 6.07) is 0. The van der Waals surface area contributed by atoms with Crippen molar-refractivity contribution >= 4 is 0 Å². The van der Waals surface area contributed by atoms with Gasteiger partial charge in [-0.05, 0) is 22.0 Å². The maximum absolute atomic E-state index is 5.30. The van der Waals surface area contributed by atoms with Crippen molar-refractivity contribution in [2.24, 2.45) is 0 Å². The largest absolute Gasteiger partial charge is 0.472 e. The second kappa shape index (κ2) is 2.90. The lowest BCUT2D eigenvalue weighted by atomic mass is 9.78. The molecule has 0 amide bonds. The van der Waals surface area contributed by atoms with Gasteiger partial charge in [-0.1, -0.05) is 41.5 Å². The molecule has 1 heterocycles. The van der Waals surface area contributed by atoms with Crippen LogP contribution in [-0.2, 0) is 10.8 Å². The average molecular weight is 180 g/mol. The molecule has 1 rings (SSSR count). The van der Waals surface area contributed by atoms with Crippen LogP contribution in [0, 0.1) is 0 Å². The molecule has 0 aliphatic carbocycles. The molecule has 0 radical (unpaired) electrons. The highest BCUT2D eigenvalue weighted by molar-refractivity contribution is 5.33. The van der Waals surface area contributed by atoms with E-state index in [1.807, 2.05) is 12.5 Å². The van der Waals surface area contributed by atoms with E-state index < -0.39 is 0 Å². The van der Waals surface area contributed by atoms with Gasteiger partial charge >= 0.3 is 0 Å². The van der Waals surface area contributed by atoms with Crippen molar-refractivity contribution in [2.45, 2.75) is 52.4 Å². The second-order valence-electron chi connectivity index (χ2n) is 5.70. The number of rotatable bonds is 0. The van der Waals surface area contributed by atoms with Crippen molar-refractivity contribution in [1.82, 2.24) is 0 Å². The Kier molecular flexibility index (Phi) is 2.31. The molecule has 0 atom stereocenters. The van der Waals surface area contributed by atoms with Gasteiger partial charge in [-0.25, -0.2) is 0 Å². The molecular weight excluding hydrogens is 160 g/mol. The van der Waals surface area contributed by atoms with E-state index in [9.17, 15) is 0 Å². The first kappa shape index (κ1) is 10.4. The first-order valence-corrected chi connectivity index (χ1v) is 4.80. The van der Waals surface area contributed by atoms with Crippen molar-refractivity contribution in [3.63, 3.8) is 0 Å². The van der Waals surface area contributed by atoms with E-state index in [-0.39, 0.29) is 10.8 Å². The summed E-state index contributed by atoms with van der Waals surface area (Å²) in [6.45, 7) is 13.3. The monoisotopic (exact) mass is 180 g/mol. The van der Waals surface area contributed by atoms with Crippen LogP contribution in [0.5, 0.6) is 0 Å². The molecule has 0 saturated heterocycles. The predicted octanol–water partition coefficient (Wildman–Crippen LogP) is 3.87. The van der Waals surface area contributed by atoms with Crippen molar-refractivity contribution in [2.75, 3.05) is 0 Å².